The molecule has 2 aliphatic rings. The van der Waals surface area contributed by atoms with Crippen molar-refractivity contribution in [2.45, 2.75) is 95.7 Å². The number of hydrogen-bond donors (Lipinski definition) is 2. The number of nitrogens with one attached hydrogen (secondary N) is 1. The Morgan fingerprint density at radius 3 is 2.77 bits per heavy atom. The van der Waals surface area contributed by atoms with Gasteiger partial charge in [0, 0.05) is 41.5 Å². The molecular formula is C34H41ClN2O3. The van der Waals surface area contributed by atoms with Gasteiger partial charge in [0.05, 0.1) is 0 Å². The number of aromatic nitrogens is 1. The zero-order valence-corrected chi connectivity index (χ0v) is 24.4. The van der Waals surface area contributed by atoms with E-state index in [1.807, 2.05) is 18.5 Å². The molecule has 212 valence electrons. The van der Waals surface area contributed by atoms with E-state index in [0.29, 0.717) is 25.0 Å². The molecule has 0 amide bonds. The lowest BCUT2D eigenvalue weighted by molar-refractivity contribution is -0.137. The van der Waals surface area contributed by atoms with E-state index in [4.69, 9.17) is 21.4 Å². The first-order valence-corrected chi connectivity index (χ1v) is 15.2. The molecule has 0 aliphatic heterocycles. The number of benzene rings is 2. The van der Waals surface area contributed by atoms with Crippen molar-refractivity contribution in [2.24, 2.45) is 5.92 Å². The summed E-state index contributed by atoms with van der Waals surface area (Å²) in [4.78, 5) is 15.4. The Morgan fingerprint density at radius 2 is 2.00 bits per heavy atom. The van der Waals surface area contributed by atoms with E-state index >= 15 is 0 Å². The summed E-state index contributed by atoms with van der Waals surface area (Å²) in [6.45, 7) is 5.05. The summed E-state index contributed by atoms with van der Waals surface area (Å²) in [5.74, 6) is 1.18. The number of halogens is 1. The number of aliphatic carboxylic acids is 1. The van der Waals surface area contributed by atoms with E-state index < -0.39 is 5.97 Å². The van der Waals surface area contributed by atoms with Crippen molar-refractivity contribution >= 4 is 17.6 Å². The second-order valence-corrected chi connectivity index (χ2v) is 12.1. The van der Waals surface area contributed by atoms with Gasteiger partial charge in [-0.15, -0.1) is 0 Å². The van der Waals surface area contributed by atoms with Gasteiger partial charge in [-0.05, 0) is 90.8 Å². The first-order valence-electron chi connectivity index (χ1n) is 14.9. The SMILES string of the molecule is CCCCC1CC1Oc1ccccc1-c1ccncc1C1(NCc2cc([C@H](C)CCCC(=O)O)ccc2Cl)CC1. The summed E-state index contributed by atoms with van der Waals surface area (Å²) in [5, 5.41) is 13.6. The lowest BCUT2D eigenvalue weighted by Crippen LogP contribution is -2.29. The van der Waals surface area contributed by atoms with E-state index in [-0.39, 0.29) is 17.9 Å². The Hall–Kier alpha value is -2.89. The van der Waals surface area contributed by atoms with Crippen LogP contribution < -0.4 is 10.1 Å². The molecule has 5 nitrogen and oxygen atoms in total. The number of carbonyl (C=O) groups is 1. The summed E-state index contributed by atoms with van der Waals surface area (Å²) < 4.78 is 6.54. The maximum atomic E-state index is 10.9. The van der Waals surface area contributed by atoms with Crippen molar-refractivity contribution in [2.75, 3.05) is 0 Å². The normalized spacial score (nSPS) is 19.7. The van der Waals surface area contributed by atoms with E-state index in [1.165, 1.54) is 36.0 Å². The number of nitrogens with zero attached hydrogens (tertiary/aromatic N) is 1. The minimum absolute atomic E-state index is 0.146. The lowest BCUT2D eigenvalue weighted by Gasteiger charge is -2.23. The summed E-state index contributed by atoms with van der Waals surface area (Å²) in [7, 11) is 0. The summed E-state index contributed by atoms with van der Waals surface area (Å²) in [6, 6.07) is 16.7. The van der Waals surface area contributed by atoms with Crippen LogP contribution in [0.5, 0.6) is 5.75 Å². The summed E-state index contributed by atoms with van der Waals surface area (Å²) in [5.41, 5.74) is 5.63. The number of ether oxygens (including phenoxy) is 1. The molecule has 40 heavy (non-hydrogen) atoms. The fraction of sp³-hybridized carbons (Fsp3) is 0.471. The van der Waals surface area contributed by atoms with E-state index in [9.17, 15) is 4.79 Å². The van der Waals surface area contributed by atoms with Gasteiger partial charge in [0.1, 0.15) is 11.9 Å². The molecule has 2 saturated carbocycles. The Bertz CT molecular complexity index is 1320. The van der Waals surface area contributed by atoms with Gasteiger partial charge in [-0.25, -0.2) is 0 Å². The summed E-state index contributed by atoms with van der Waals surface area (Å²) in [6.07, 6.45) is 12.9. The van der Waals surface area contributed by atoms with E-state index in [1.54, 1.807) is 0 Å². The first kappa shape index (κ1) is 28.6. The fourth-order valence-corrected chi connectivity index (χ4v) is 5.98. The number of carboxylic acid groups (broad SMARTS) is 1. The van der Waals surface area contributed by atoms with Crippen LogP contribution >= 0.6 is 11.6 Å². The first-order chi connectivity index (χ1) is 19.4. The molecule has 2 aliphatic carbocycles. The van der Waals surface area contributed by atoms with Gasteiger partial charge in [0.15, 0.2) is 0 Å². The minimum Gasteiger partial charge on any atom is -0.489 e. The van der Waals surface area contributed by atoms with Crippen molar-refractivity contribution in [1.29, 1.82) is 0 Å². The second-order valence-electron chi connectivity index (χ2n) is 11.7. The molecule has 2 fully saturated rings. The largest absolute Gasteiger partial charge is 0.489 e. The van der Waals surface area contributed by atoms with E-state index in [0.717, 1.165) is 47.6 Å². The molecule has 0 saturated heterocycles. The monoisotopic (exact) mass is 560 g/mol. The highest BCUT2D eigenvalue weighted by Gasteiger charge is 2.46. The molecule has 2 aromatic carbocycles. The lowest BCUT2D eigenvalue weighted by atomic mass is 9.93. The van der Waals surface area contributed by atoms with Crippen molar-refractivity contribution in [3.8, 4) is 16.9 Å². The van der Waals surface area contributed by atoms with Crippen LogP contribution in [0.25, 0.3) is 11.1 Å². The van der Waals surface area contributed by atoms with Crippen molar-refractivity contribution in [1.82, 2.24) is 10.3 Å². The van der Waals surface area contributed by atoms with Crippen LogP contribution in [-0.4, -0.2) is 22.2 Å². The maximum absolute atomic E-state index is 10.9. The third-order valence-corrected chi connectivity index (χ3v) is 8.98. The zero-order valence-electron chi connectivity index (χ0n) is 23.7. The molecule has 2 N–H and O–H groups in total. The third kappa shape index (κ3) is 6.87. The quantitative estimate of drug-likeness (QED) is 0.195. The molecule has 0 bridgehead atoms. The highest BCUT2D eigenvalue weighted by Crippen LogP contribution is 2.50. The molecule has 3 atom stereocenters. The van der Waals surface area contributed by atoms with Crippen LogP contribution in [0.4, 0.5) is 0 Å². The number of hydrogen-bond acceptors (Lipinski definition) is 4. The maximum Gasteiger partial charge on any atom is 0.303 e. The van der Waals surface area contributed by atoms with Gasteiger partial charge in [-0.3, -0.25) is 9.78 Å². The average molecular weight is 561 g/mol. The molecule has 2 unspecified atom stereocenters. The molecule has 3 aromatic rings. The van der Waals surface area contributed by atoms with Crippen LogP contribution in [-0.2, 0) is 16.9 Å². The number of para-hydroxylation sites is 1. The molecule has 6 heteroatoms. The van der Waals surface area contributed by atoms with Crippen LogP contribution in [0.3, 0.4) is 0 Å². The summed E-state index contributed by atoms with van der Waals surface area (Å²) >= 11 is 6.64. The Kier molecular flexibility index (Phi) is 9.12. The average Bonchev–Trinajstić information content (AvgIpc) is 3.89. The van der Waals surface area contributed by atoms with Gasteiger partial charge >= 0.3 is 5.97 Å². The Balaban J connectivity index is 1.31. The van der Waals surface area contributed by atoms with Crippen molar-refractivity contribution in [3.05, 3.63) is 82.6 Å². The number of rotatable bonds is 15. The molecular weight excluding hydrogens is 520 g/mol. The molecule has 1 aromatic heterocycles. The minimum atomic E-state index is -0.740. The Morgan fingerprint density at radius 1 is 1.18 bits per heavy atom. The van der Waals surface area contributed by atoms with Crippen molar-refractivity contribution in [3.63, 3.8) is 0 Å². The van der Waals surface area contributed by atoms with Gasteiger partial charge in [-0.2, -0.15) is 0 Å². The molecule has 5 rings (SSSR count). The van der Waals surface area contributed by atoms with Crippen LogP contribution in [0.2, 0.25) is 5.02 Å². The van der Waals surface area contributed by atoms with E-state index in [2.05, 4.69) is 66.6 Å². The highest BCUT2D eigenvalue weighted by atomic mass is 35.5. The van der Waals surface area contributed by atoms with Gasteiger partial charge in [0.2, 0.25) is 0 Å². The van der Waals surface area contributed by atoms with Crippen LogP contribution in [0, 0.1) is 5.92 Å². The molecule has 0 spiro atoms. The predicted octanol–water partition coefficient (Wildman–Crippen LogP) is 8.50. The molecule has 1 heterocycles. The number of pyridine rings is 1. The van der Waals surface area contributed by atoms with Crippen LogP contribution in [0.15, 0.2) is 60.9 Å². The number of unbranched alkanes of at least 4 members (excludes halogenated alkanes) is 1. The smallest absolute Gasteiger partial charge is 0.303 e. The van der Waals surface area contributed by atoms with Gasteiger partial charge in [-0.1, -0.05) is 68.6 Å². The number of carboxylic acids is 1. The third-order valence-electron chi connectivity index (χ3n) is 8.61. The zero-order chi connectivity index (χ0) is 28.1. The second kappa shape index (κ2) is 12.7. The fourth-order valence-electron chi connectivity index (χ4n) is 5.79. The van der Waals surface area contributed by atoms with Gasteiger partial charge in [0.25, 0.3) is 0 Å². The van der Waals surface area contributed by atoms with Crippen LogP contribution in [0.1, 0.15) is 94.2 Å². The molecule has 0 radical (unpaired) electrons. The predicted molar refractivity (Wildman–Crippen MR) is 161 cm³/mol. The Labute approximate surface area is 243 Å². The topological polar surface area (TPSA) is 71.5 Å². The van der Waals surface area contributed by atoms with Crippen molar-refractivity contribution < 1.29 is 14.6 Å². The van der Waals surface area contributed by atoms with Gasteiger partial charge < -0.3 is 15.2 Å². The highest BCUT2D eigenvalue weighted by molar-refractivity contribution is 6.31. The standard InChI is InChI=1S/C34H41ClN2O3/c1-3-4-9-25-20-32(25)40-31-11-6-5-10-28(31)27-15-18-36-22-29(27)34(16-17-34)37-21-26-19-24(13-14-30(26)35)23(2)8-7-12-33(38)39/h5-6,10-11,13-15,18-19,22-23,25,32,37H,3-4,7-9,12,16-17,20-21H2,1-2H3,(H,38,39)/t23-,25?,32?/m1/s1.